The maximum absolute atomic E-state index is 13.2. The number of hydrogen-bond donors (Lipinski definition) is 0. The summed E-state index contributed by atoms with van der Waals surface area (Å²) in [6, 6.07) is 11.3. The molecule has 2 aliphatic rings. The van der Waals surface area contributed by atoms with Crippen molar-refractivity contribution in [2.24, 2.45) is 0 Å². The van der Waals surface area contributed by atoms with E-state index >= 15 is 0 Å². The highest BCUT2D eigenvalue weighted by atomic mass is 35.5. The highest BCUT2D eigenvalue weighted by molar-refractivity contribution is 6.33. The number of halogens is 1. The van der Waals surface area contributed by atoms with Crippen LogP contribution in [-0.4, -0.2) is 24.5 Å². The van der Waals surface area contributed by atoms with Gasteiger partial charge in [-0.15, -0.1) is 0 Å². The van der Waals surface area contributed by atoms with Gasteiger partial charge in [0.05, 0.1) is 7.11 Å². The number of ether oxygens (including phenoxy) is 2. The van der Waals surface area contributed by atoms with E-state index < -0.39 is 17.5 Å². The van der Waals surface area contributed by atoms with Gasteiger partial charge in [0.25, 0.3) is 0 Å². The second kappa shape index (κ2) is 7.25. The normalized spacial score (nSPS) is 21.0. The largest absolute Gasteiger partial charge is 0.497 e. The van der Waals surface area contributed by atoms with Crippen molar-refractivity contribution in [1.29, 1.82) is 0 Å². The third-order valence-electron chi connectivity index (χ3n) is 5.97. The Morgan fingerprint density at radius 3 is 2.39 bits per heavy atom. The van der Waals surface area contributed by atoms with Crippen molar-refractivity contribution >= 4 is 23.4 Å². The van der Waals surface area contributed by atoms with Crippen molar-refractivity contribution in [2.45, 2.75) is 50.5 Å². The molecule has 1 aliphatic carbocycles. The van der Waals surface area contributed by atoms with Gasteiger partial charge in [0.15, 0.2) is 11.4 Å². The van der Waals surface area contributed by atoms with Crippen LogP contribution in [-0.2, 0) is 14.3 Å². The van der Waals surface area contributed by atoms with E-state index in [9.17, 15) is 9.59 Å². The van der Waals surface area contributed by atoms with Crippen molar-refractivity contribution in [1.82, 2.24) is 0 Å². The summed E-state index contributed by atoms with van der Waals surface area (Å²) >= 11 is 6.57. The van der Waals surface area contributed by atoms with Gasteiger partial charge >= 0.3 is 5.97 Å². The molecule has 2 aromatic rings. The van der Waals surface area contributed by atoms with Crippen molar-refractivity contribution in [2.75, 3.05) is 7.11 Å². The second-order valence-corrected chi connectivity index (χ2v) is 8.10. The number of aryl methyl sites for hydroxylation is 1. The standard InChI is InChI=1S/C23H23ClO4/c1-14-12-18(15-6-8-16(27-2)9-7-15)19(24)13-17(14)20-21(25)23(28-22(20)26)10-4-3-5-11-23/h6-9,12-13,20H,3-5,10-11H2,1-2H3. The summed E-state index contributed by atoms with van der Waals surface area (Å²) in [5.41, 5.74) is 2.40. The van der Waals surface area contributed by atoms with Crippen LogP contribution in [0.2, 0.25) is 5.02 Å². The van der Waals surface area contributed by atoms with Crippen molar-refractivity contribution in [3.05, 3.63) is 52.5 Å². The molecule has 1 saturated carbocycles. The smallest absolute Gasteiger partial charge is 0.322 e. The van der Waals surface area contributed by atoms with Crippen LogP contribution in [0.5, 0.6) is 5.75 Å². The van der Waals surface area contributed by atoms with Gasteiger partial charge in [-0.2, -0.15) is 0 Å². The molecule has 5 heteroatoms. The monoisotopic (exact) mass is 398 g/mol. The Bertz CT molecular complexity index is 926. The van der Waals surface area contributed by atoms with Crippen LogP contribution in [0, 0.1) is 6.92 Å². The van der Waals surface area contributed by atoms with Crippen LogP contribution in [0.1, 0.15) is 49.1 Å². The Labute approximate surface area is 169 Å². The number of carbonyl (C=O) groups excluding carboxylic acids is 2. The molecule has 1 spiro atoms. The SMILES string of the molecule is COc1ccc(-c2cc(C)c(C3C(=O)OC4(CCCCC4)C3=O)cc2Cl)cc1. The van der Waals surface area contributed by atoms with E-state index in [0.717, 1.165) is 41.7 Å². The summed E-state index contributed by atoms with van der Waals surface area (Å²) in [4.78, 5) is 25.8. The Morgan fingerprint density at radius 2 is 1.75 bits per heavy atom. The van der Waals surface area contributed by atoms with Gasteiger partial charge in [-0.3, -0.25) is 9.59 Å². The highest BCUT2D eigenvalue weighted by Gasteiger charge is 2.55. The maximum Gasteiger partial charge on any atom is 0.322 e. The molecule has 1 atom stereocenters. The number of ketones is 1. The molecular formula is C23H23ClO4. The number of rotatable bonds is 3. The average Bonchev–Trinajstić information content (AvgIpc) is 2.93. The maximum atomic E-state index is 13.2. The molecule has 1 aliphatic heterocycles. The first kappa shape index (κ1) is 19.0. The number of methoxy groups -OCH3 is 1. The molecule has 0 bridgehead atoms. The minimum atomic E-state index is -0.923. The summed E-state index contributed by atoms with van der Waals surface area (Å²) < 4.78 is 10.9. The average molecular weight is 399 g/mol. The van der Waals surface area contributed by atoms with Crippen LogP contribution < -0.4 is 4.74 Å². The Balaban J connectivity index is 1.70. The number of Topliss-reactive ketones (excluding diaryl/α,β-unsaturated/α-hetero) is 1. The molecule has 146 valence electrons. The number of hydrogen-bond acceptors (Lipinski definition) is 4. The molecule has 1 heterocycles. The number of benzene rings is 2. The van der Waals surface area contributed by atoms with Crippen LogP contribution >= 0.6 is 11.6 Å². The third-order valence-corrected chi connectivity index (χ3v) is 6.28. The van der Waals surface area contributed by atoms with E-state index in [0.29, 0.717) is 23.4 Å². The minimum absolute atomic E-state index is 0.103. The summed E-state index contributed by atoms with van der Waals surface area (Å²) in [7, 11) is 1.62. The lowest BCUT2D eigenvalue weighted by Gasteiger charge is -2.29. The lowest BCUT2D eigenvalue weighted by molar-refractivity contribution is -0.154. The fourth-order valence-electron chi connectivity index (χ4n) is 4.41. The van der Waals surface area contributed by atoms with Gasteiger partial charge in [0.1, 0.15) is 11.7 Å². The summed E-state index contributed by atoms with van der Waals surface area (Å²) in [6.45, 7) is 1.91. The minimum Gasteiger partial charge on any atom is -0.497 e. The third kappa shape index (κ3) is 3.10. The molecule has 0 aromatic heterocycles. The zero-order chi connectivity index (χ0) is 19.9. The fraction of sp³-hybridized carbons (Fsp3) is 0.391. The Kier molecular flexibility index (Phi) is 4.92. The molecule has 0 radical (unpaired) electrons. The predicted octanol–water partition coefficient (Wildman–Crippen LogP) is 5.24. The van der Waals surface area contributed by atoms with Crippen LogP contribution in [0.15, 0.2) is 36.4 Å². The van der Waals surface area contributed by atoms with Gasteiger partial charge in [0.2, 0.25) is 0 Å². The molecule has 2 aromatic carbocycles. The van der Waals surface area contributed by atoms with Gasteiger partial charge < -0.3 is 9.47 Å². The molecule has 4 rings (SSSR count). The molecule has 1 saturated heterocycles. The van der Waals surface area contributed by atoms with E-state index in [2.05, 4.69) is 0 Å². The summed E-state index contributed by atoms with van der Waals surface area (Å²) in [5.74, 6) is -0.650. The van der Waals surface area contributed by atoms with Crippen LogP contribution in [0.4, 0.5) is 0 Å². The van der Waals surface area contributed by atoms with E-state index in [1.54, 1.807) is 13.2 Å². The van der Waals surface area contributed by atoms with E-state index in [4.69, 9.17) is 21.1 Å². The van der Waals surface area contributed by atoms with E-state index in [1.807, 2.05) is 37.3 Å². The molecule has 0 N–H and O–H groups in total. The number of esters is 1. The molecule has 0 amide bonds. The van der Waals surface area contributed by atoms with Crippen molar-refractivity contribution in [3.63, 3.8) is 0 Å². The number of carbonyl (C=O) groups is 2. The lowest BCUT2D eigenvalue weighted by Crippen LogP contribution is -2.39. The van der Waals surface area contributed by atoms with Gasteiger partial charge in [-0.1, -0.05) is 30.2 Å². The quantitative estimate of drug-likeness (QED) is 0.524. The molecule has 4 nitrogen and oxygen atoms in total. The summed E-state index contributed by atoms with van der Waals surface area (Å²) in [6.07, 6.45) is 4.18. The lowest BCUT2D eigenvalue weighted by atomic mass is 9.77. The molecule has 28 heavy (non-hydrogen) atoms. The first-order valence-electron chi connectivity index (χ1n) is 9.67. The van der Waals surface area contributed by atoms with Crippen molar-refractivity contribution < 1.29 is 19.1 Å². The zero-order valence-corrected chi connectivity index (χ0v) is 16.8. The van der Waals surface area contributed by atoms with Crippen LogP contribution in [0.25, 0.3) is 11.1 Å². The predicted molar refractivity (Wildman–Crippen MR) is 108 cm³/mol. The fourth-order valence-corrected chi connectivity index (χ4v) is 4.69. The topological polar surface area (TPSA) is 52.6 Å². The van der Waals surface area contributed by atoms with Gasteiger partial charge in [-0.05, 0) is 73.6 Å². The zero-order valence-electron chi connectivity index (χ0n) is 16.1. The van der Waals surface area contributed by atoms with Crippen molar-refractivity contribution in [3.8, 4) is 16.9 Å². The van der Waals surface area contributed by atoms with E-state index in [1.165, 1.54) is 0 Å². The Hall–Kier alpha value is -2.33. The summed E-state index contributed by atoms with van der Waals surface area (Å²) in [5, 5.41) is 0.510. The van der Waals surface area contributed by atoms with Gasteiger partial charge in [-0.25, -0.2) is 0 Å². The van der Waals surface area contributed by atoms with E-state index in [-0.39, 0.29) is 5.78 Å². The molecule has 2 fully saturated rings. The first-order valence-corrected chi connectivity index (χ1v) is 10.0. The van der Waals surface area contributed by atoms with Crippen LogP contribution in [0.3, 0.4) is 0 Å². The molecular weight excluding hydrogens is 376 g/mol. The second-order valence-electron chi connectivity index (χ2n) is 7.69. The van der Waals surface area contributed by atoms with Gasteiger partial charge in [0, 0.05) is 10.6 Å². The molecule has 1 unspecified atom stereocenters. The Morgan fingerprint density at radius 1 is 1.07 bits per heavy atom. The highest BCUT2D eigenvalue weighted by Crippen LogP contribution is 2.45. The first-order chi connectivity index (χ1) is 13.4.